The predicted molar refractivity (Wildman–Crippen MR) is 100.0 cm³/mol. The number of hydrogen-bond donors (Lipinski definition) is 0. The average Bonchev–Trinajstić information content (AvgIpc) is 3.37. The molecule has 0 aliphatic carbocycles. The van der Waals surface area contributed by atoms with Crippen molar-refractivity contribution in [3.05, 3.63) is 43.0 Å². The lowest BCUT2D eigenvalue weighted by Gasteiger charge is -2.37. The molecule has 0 radical (unpaired) electrons. The SMILES string of the molecule is O=C(CCn1cncn1)N1CCN([C@@H]2CCN(c3ccccc3)C2=O)CC1. The number of benzene rings is 1. The fourth-order valence-electron chi connectivity index (χ4n) is 3.87. The summed E-state index contributed by atoms with van der Waals surface area (Å²) in [5.41, 5.74) is 0.965. The molecule has 1 atom stereocenters. The van der Waals surface area contributed by atoms with Crippen LogP contribution in [0, 0.1) is 0 Å². The number of para-hydroxylation sites is 1. The van der Waals surface area contributed by atoms with Gasteiger partial charge in [0.15, 0.2) is 0 Å². The topological polar surface area (TPSA) is 74.6 Å². The Morgan fingerprint density at radius 3 is 2.56 bits per heavy atom. The van der Waals surface area contributed by atoms with Crippen molar-refractivity contribution in [1.82, 2.24) is 24.6 Å². The first kappa shape index (κ1) is 17.7. The van der Waals surface area contributed by atoms with Gasteiger partial charge in [0, 0.05) is 44.8 Å². The van der Waals surface area contributed by atoms with Crippen molar-refractivity contribution in [3.63, 3.8) is 0 Å². The van der Waals surface area contributed by atoms with E-state index in [-0.39, 0.29) is 17.9 Å². The lowest BCUT2D eigenvalue weighted by Crippen LogP contribution is -2.53. The summed E-state index contributed by atoms with van der Waals surface area (Å²) in [7, 11) is 0. The lowest BCUT2D eigenvalue weighted by atomic mass is 10.1. The smallest absolute Gasteiger partial charge is 0.244 e. The molecule has 0 bridgehead atoms. The molecule has 2 aromatic rings. The van der Waals surface area contributed by atoms with E-state index >= 15 is 0 Å². The van der Waals surface area contributed by atoms with Crippen molar-refractivity contribution in [2.45, 2.75) is 25.4 Å². The van der Waals surface area contributed by atoms with Crippen LogP contribution in [0.25, 0.3) is 0 Å². The molecule has 1 aromatic carbocycles. The number of piperazine rings is 1. The minimum Gasteiger partial charge on any atom is -0.340 e. The van der Waals surface area contributed by atoms with Crippen LogP contribution in [0.1, 0.15) is 12.8 Å². The first-order chi connectivity index (χ1) is 13.2. The summed E-state index contributed by atoms with van der Waals surface area (Å²) in [4.78, 5) is 35.1. The van der Waals surface area contributed by atoms with E-state index in [0.29, 0.717) is 26.1 Å². The Hall–Kier alpha value is -2.74. The van der Waals surface area contributed by atoms with Gasteiger partial charge in [-0.15, -0.1) is 0 Å². The van der Waals surface area contributed by atoms with E-state index in [2.05, 4.69) is 15.0 Å². The molecule has 2 saturated heterocycles. The number of rotatable bonds is 5. The summed E-state index contributed by atoms with van der Waals surface area (Å²) in [5, 5.41) is 4.02. The average molecular weight is 368 g/mol. The number of amides is 2. The third-order valence-electron chi connectivity index (χ3n) is 5.37. The second-order valence-corrected chi connectivity index (χ2v) is 6.96. The molecule has 8 nitrogen and oxygen atoms in total. The Kier molecular flexibility index (Phi) is 5.15. The normalized spacial score (nSPS) is 21.0. The van der Waals surface area contributed by atoms with Crippen LogP contribution in [-0.2, 0) is 16.1 Å². The minimum atomic E-state index is -0.0717. The first-order valence-electron chi connectivity index (χ1n) is 9.43. The molecule has 0 N–H and O–H groups in total. The van der Waals surface area contributed by atoms with Crippen LogP contribution in [0.5, 0.6) is 0 Å². The van der Waals surface area contributed by atoms with Gasteiger partial charge in [0.25, 0.3) is 0 Å². The Balaban J connectivity index is 1.28. The van der Waals surface area contributed by atoms with Crippen molar-refractivity contribution < 1.29 is 9.59 Å². The highest BCUT2D eigenvalue weighted by Gasteiger charge is 2.38. The zero-order chi connectivity index (χ0) is 18.6. The maximum Gasteiger partial charge on any atom is 0.244 e. The lowest BCUT2D eigenvalue weighted by molar-refractivity contribution is -0.134. The van der Waals surface area contributed by atoms with Crippen LogP contribution < -0.4 is 4.90 Å². The summed E-state index contributed by atoms with van der Waals surface area (Å²) < 4.78 is 1.67. The summed E-state index contributed by atoms with van der Waals surface area (Å²) in [6, 6.07) is 9.76. The van der Waals surface area contributed by atoms with Crippen LogP contribution in [0.2, 0.25) is 0 Å². The molecule has 3 heterocycles. The maximum absolute atomic E-state index is 12.8. The standard InChI is InChI=1S/C19H24N6O2/c26-18(7-8-24-15-20-14-21-24)23-12-10-22(11-13-23)17-6-9-25(19(17)27)16-4-2-1-3-5-16/h1-5,14-15,17H,6-13H2/t17-/m1/s1. The molecular weight excluding hydrogens is 344 g/mol. The largest absolute Gasteiger partial charge is 0.340 e. The van der Waals surface area contributed by atoms with Gasteiger partial charge in [-0.2, -0.15) is 5.10 Å². The van der Waals surface area contributed by atoms with Gasteiger partial charge in [0.05, 0.1) is 12.6 Å². The second kappa shape index (κ2) is 7.87. The van der Waals surface area contributed by atoms with Gasteiger partial charge in [0.2, 0.25) is 11.8 Å². The zero-order valence-electron chi connectivity index (χ0n) is 15.3. The predicted octanol–water partition coefficient (Wildman–Crippen LogP) is 0.618. The van der Waals surface area contributed by atoms with E-state index in [9.17, 15) is 9.59 Å². The Morgan fingerprint density at radius 2 is 1.85 bits per heavy atom. The molecule has 2 amide bonds. The molecule has 2 aliphatic rings. The highest BCUT2D eigenvalue weighted by molar-refractivity contribution is 5.99. The van der Waals surface area contributed by atoms with E-state index in [1.54, 1.807) is 11.0 Å². The molecule has 8 heteroatoms. The number of anilines is 1. The van der Waals surface area contributed by atoms with Gasteiger partial charge < -0.3 is 9.80 Å². The van der Waals surface area contributed by atoms with Crippen molar-refractivity contribution >= 4 is 17.5 Å². The molecule has 0 unspecified atom stereocenters. The van der Waals surface area contributed by atoms with Gasteiger partial charge >= 0.3 is 0 Å². The summed E-state index contributed by atoms with van der Waals surface area (Å²) in [6.45, 7) is 4.13. The maximum atomic E-state index is 12.8. The summed E-state index contributed by atoms with van der Waals surface area (Å²) >= 11 is 0. The minimum absolute atomic E-state index is 0.0717. The van der Waals surface area contributed by atoms with E-state index < -0.39 is 0 Å². The van der Waals surface area contributed by atoms with Crippen LogP contribution >= 0.6 is 0 Å². The fourth-order valence-corrected chi connectivity index (χ4v) is 3.87. The van der Waals surface area contributed by atoms with Gasteiger partial charge in [-0.05, 0) is 18.6 Å². The summed E-state index contributed by atoms with van der Waals surface area (Å²) in [6.07, 6.45) is 4.36. The number of carbonyl (C=O) groups is 2. The summed E-state index contributed by atoms with van der Waals surface area (Å²) in [5.74, 6) is 0.306. The Labute approximate surface area is 158 Å². The third-order valence-corrected chi connectivity index (χ3v) is 5.37. The molecule has 1 aromatic heterocycles. The number of hydrogen-bond acceptors (Lipinski definition) is 5. The molecular formula is C19H24N6O2. The highest BCUT2D eigenvalue weighted by atomic mass is 16.2. The molecule has 27 heavy (non-hydrogen) atoms. The van der Waals surface area contributed by atoms with E-state index in [4.69, 9.17) is 0 Å². The monoisotopic (exact) mass is 368 g/mol. The molecule has 0 spiro atoms. The van der Waals surface area contributed by atoms with Crippen LogP contribution in [0.3, 0.4) is 0 Å². The Bertz CT molecular complexity index is 771. The van der Waals surface area contributed by atoms with E-state index in [1.807, 2.05) is 40.1 Å². The van der Waals surface area contributed by atoms with Gasteiger partial charge in [-0.1, -0.05) is 18.2 Å². The quantitative estimate of drug-likeness (QED) is 0.773. The molecule has 2 aliphatic heterocycles. The van der Waals surface area contributed by atoms with E-state index in [0.717, 1.165) is 31.7 Å². The van der Waals surface area contributed by atoms with Crippen molar-refractivity contribution in [2.75, 3.05) is 37.6 Å². The number of nitrogens with zero attached hydrogens (tertiary/aromatic N) is 6. The number of aromatic nitrogens is 3. The van der Waals surface area contributed by atoms with Crippen LogP contribution in [0.4, 0.5) is 5.69 Å². The number of carbonyl (C=O) groups excluding carboxylic acids is 2. The van der Waals surface area contributed by atoms with Crippen molar-refractivity contribution in [1.29, 1.82) is 0 Å². The Morgan fingerprint density at radius 1 is 1.07 bits per heavy atom. The molecule has 2 fully saturated rings. The highest BCUT2D eigenvalue weighted by Crippen LogP contribution is 2.25. The van der Waals surface area contributed by atoms with Crippen molar-refractivity contribution in [3.8, 4) is 0 Å². The molecule has 142 valence electrons. The first-order valence-corrected chi connectivity index (χ1v) is 9.43. The number of aryl methyl sites for hydroxylation is 1. The third kappa shape index (κ3) is 3.85. The van der Waals surface area contributed by atoms with Crippen LogP contribution in [-0.4, -0.2) is 75.1 Å². The molecule has 0 saturated carbocycles. The van der Waals surface area contributed by atoms with Gasteiger partial charge in [-0.3, -0.25) is 19.2 Å². The van der Waals surface area contributed by atoms with Gasteiger partial charge in [-0.25, -0.2) is 4.98 Å². The fraction of sp³-hybridized carbons (Fsp3) is 0.474. The zero-order valence-corrected chi connectivity index (χ0v) is 15.3. The van der Waals surface area contributed by atoms with Crippen molar-refractivity contribution in [2.24, 2.45) is 0 Å². The van der Waals surface area contributed by atoms with Gasteiger partial charge in [0.1, 0.15) is 12.7 Å². The molecule has 4 rings (SSSR count). The van der Waals surface area contributed by atoms with E-state index in [1.165, 1.54) is 6.33 Å². The van der Waals surface area contributed by atoms with Crippen LogP contribution in [0.15, 0.2) is 43.0 Å². The second-order valence-electron chi connectivity index (χ2n) is 6.96.